The van der Waals surface area contributed by atoms with Gasteiger partial charge in [0.25, 0.3) is 0 Å². The van der Waals surface area contributed by atoms with Gasteiger partial charge in [-0.3, -0.25) is 9.69 Å². The highest BCUT2D eigenvalue weighted by Crippen LogP contribution is 2.25. The summed E-state index contributed by atoms with van der Waals surface area (Å²) in [5.74, 6) is -0.221. The summed E-state index contributed by atoms with van der Waals surface area (Å²) in [6, 6.07) is 0. The number of rotatable bonds is 6. The lowest BCUT2D eigenvalue weighted by Crippen LogP contribution is -2.38. The summed E-state index contributed by atoms with van der Waals surface area (Å²) in [6.07, 6.45) is 1.44. The summed E-state index contributed by atoms with van der Waals surface area (Å²) in [6.45, 7) is 8.13. The standard InChI is InChI=1S/C14H22N2O3S/c1-3-5-16-6-7-19-12(9-16)14-15-11(10-20-14)8-13(17)18-4-2/h10,12H,3-9H2,1-2H3. The van der Waals surface area contributed by atoms with E-state index in [1.807, 2.05) is 12.3 Å². The van der Waals surface area contributed by atoms with Gasteiger partial charge in [0.2, 0.25) is 0 Å². The Bertz CT molecular complexity index is 434. The predicted octanol–water partition coefficient (Wildman–Crippen LogP) is 2.03. The molecule has 20 heavy (non-hydrogen) atoms. The third-order valence-corrected chi connectivity index (χ3v) is 4.15. The van der Waals surface area contributed by atoms with E-state index in [0.29, 0.717) is 6.61 Å². The molecule has 1 aromatic heterocycles. The van der Waals surface area contributed by atoms with Crippen LogP contribution < -0.4 is 0 Å². The molecule has 2 rings (SSSR count). The van der Waals surface area contributed by atoms with Crippen LogP contribution in [0.25, 0.3) is 0 Å². The molecule has 2 heterocycles. The van der Waals surface area contributed by atoms with Crippen molar-refractivity contribution in [3.05, 3.63) is 16.1 Å². The lowest BCUT2D eigenvalue weighted by molar-refractivity contribution is -0.142. The molecule has 1 fully saturated rings. The molecule has 5 nitrogen and oxygen atoms in total. The molecule has 0 bridgehead atoms. The van der Waals surface area contributed by atoms with Gasteiger partial charge < -0.3 is 9.47 Å². The molecule has 0 N–H and O–H groups in total. The van der Waals surface area contributed by atoms with E-state index in [0.717, 1.165) is 43.4 Å². The fourth-order valence-corrected chi connectivity index (χ4v) is 3.14. The minimum absolute atomic E-state index is 0.0382. The minimum atomic E-state index is -0.221. The van der Waals surface area contributed by atoms with E-state index < -0.39 is 0 Å². The molecule has 1 atom stereocenters. The number of ether oxygens (including phenoxy) is 2. The molecule has 0 spiro atoms. The van der Waals surface area contributed by atoms with Crippen LogP contribution in [0.1, 0.15) is 37.1 Å². The second-order valence-corrected chi connectivity index (χ2v) is 5.71. The molecule has 0 saturated carbocycles. The van der Waals surface area contributed by atoms with Crippen LogP contribution in [0.15, 0.2) is 5.38 Å². The highest BCUT2D eigenvalue weighted by atomic mass is 32.1. The van der Waals surface area contributed by atoms with Gasteiger partial charge in [0.15, 0.2) is 0 Å². The molecule has 1 aliphatic rings. The van der Waals surface area contributed by atoms with E-state index in [1.54, 1.807) is 11.3 Å². The van der Waals surface area contributed by atoms with Crippen molar-refractivity contribution in [2.75, 3.05) is 32.8 Å². The lowest BCUT2D eigenvalue weighted by atomic mass is 10.2. The number of hydrogen-bond donors (Lipinski definition) is 0. The Labute approximate surface area is 123 Å². The van der Waals surface area contributed by atoms with Crippen LogP contribution in [0, 0.1) is 0 Å². The van der Waals surface area contributed by atoms with Crippen LogP contribution in [-0.2, 0) is 20.7 Å². The molecule has 0 aliphatic carbocycles. The van der Waals surface area contributed by atoms with Crippen molar-refractivity contribution < 1.29 is 14.3 Å². The Morgan fingerprint density at radius 1 is 1.60 bits per heavy atom. The quantitative estimate of drug-likeness (QED) is 0.752. The summed E-state index contributed by atoms with van der Waals surface area (Å²) in [4.78, 5) is 18.4. The van der Waals surface area contributed by atoms with Crippen LogP contribution in [0.5, 0.6) is 0 Å². The maximum Gasteiger partial charge on any atom is 0.311 e. The van der Waals surface area contributed by atoms with Crippen LogP contribution >= 0.6 is 11.3 Å². The predicted molar refractivity (Wildman–Crippen MR) is 77.9 cm³/mol. The first-order valence-electron chi connectivity index (χ1n) is 7.16. The minimum Gasteiger partial charge on any atom is -0.466 e. The maximum absolute atomic E-state index is 11.4. The van der Waals surface area contributed by atoms with Gasteiger partial charge >= 0.3 is 5.97 Å². The van der Waals surface area contributed by atoms with Crippen molar-refractivity contribution in [1.82, 2.24) is 9.88 Å². The number of thiazole rings is 1. The Morgan fingerprint density at radius 3 is 3.20 bits per heavy atom. The molecular formula is C14H22N2O3S. The fraction of sp³-hybridized carbons (Fsp3) is 0.714. The summed E-state index contributed by atoms with van der Waals surface area (Å²) >= 11 is 1.57. The number of aromatic nitrogens is 1. The van der Waals surface area contributed by atoms with E-state index >= 15 is 0 Å². The molecule has 0 amide bonds. The van der Waals surface area contributed by atoms with E-state index in [4.69, 9.17) is 9.47 Å². The normalized spacial score (nSPS) is 20.0. The molecule has 112 valence electrons. The van der Waals surface area contributed by atoms with E-state index in [-0.39, 0.29) is 18.5 Å². The van der Waals surface area contributed by atoms with Crippen LogP contribution in [0.3, 0.4) is 0 Å². The highest BCUT2D eigenvalue weighted by molar-refractivity contribution is 7.09. The van der Waals surface area contributed by atoms with Crippen molar-refractivity contribution in [1.29, 1.82) is 0 Å². The van der Waals surface area contributed by atoms with Crippen LogP contribution in [-0.4, -0.2) is 48.7 Å². The number of esters is 1. The highest BCUT2D eigenvalue weighted by Gasteiger charge is 2.24. The summed E-state index contributed by atoms with van der Waals surface area (Å²) in [5, 5.41) is 2.89. The molecule has 1 aromatic rings. The lowest BCUT2D eigenvalue weighted by Gasteiger charge is -2.31. The molecule has 0 radical (unpaired) electrons. The largest absolute Gasteiger partial charge is 0.466 e. The van der Waals surface area contributed by atoms with Gasteiger partial charge in [-0.15, -0.1) is 11.3 Å². The number of hydrogen-bond acceptors (Lipinski definition) is 6. The Balaban J connectivity index is 1.92. The van der Waals surface area contributed by atoms with Gasteiger partial charge in [-0.25, -0.2) is 4.98 Å². The zero-order chi connectivity index (χ0) is 14.4. The van der Waals surface area contributed by atoms with E-state index in [9.17, 15) is 4.79 Å². The van der Waals surface area contributed by atoms with Gasteiger partial charge in [0, 0.05) is 18.5 Å². The smallest absolute Gasteiger partial charge is 0.311 e. The Hall–Kier alpha value is -0.980. The Kier molecular flexibility index (Phi) is 5.94. The van der Waals surface area contributed by atoms with Gasteiger partial charge in [-0.05, 0) is 19.9 Å². The topological polar surface area (TPSA) is 51.7 Å². The molecule has 6 heteroatoms. The second-order valence-electron chi connectivity index (χ2n) is 4.82. The SMILES string of the molecule is CCCN1CCOC(c2nc(CC(=O)OCC)cs2)C1. The summed E-state index contributed by atoms with van der Waals surface area (Å²) < 4.78 is 10.7. The second kappa shape index (κ2) is 7.71. The third-order valence-electron chi connectivity index (χ3n) is 3.17. The van der Waals surface area contributed by atoms with E-state index in [2.05, 4.69) is 16.8 Å². The zero-order valence-electron chi connectivity index (χ0n) is 12.1. The zero-order valence-corrected chi connectivity index (χ0v) is 12.9. The summed E-state index contributed by atoms with van der Waals surface area (Å²) in [5.41, 5.74) is 0.777. The fourth-order valence-electron chi connectivity index (χ4n) is 2.28. The first-order valence-corrected chi connectivity index (χ1v) is 8.04. The van der Waals surface area contributed by atoms with Crippen LogP contribution in [0.2, 0.25) is 0 Å². The molecule has 1 unspecified atom stereocenters. The van der Waals surface area contributed by atoms with Gasteiger partial charge in [0.1, 0.15) is 11.1 Å². The van der Waals surface area contributed by atoms with Crippen molar-refractivity contribution >= 4 is 17.3 Å². The van der Waals surface area contributed by atoms with Gasteiger partial charge in [0.05, 0.1) is 25.3 Å². The summed E-state index contributed by atoms with van der Waals surface area (Å²) in [7, 11) is 0. The first-order chi connectivity index (χ1) is 9.72. The molecule has 0 aromatic carbocycles. The Morgan fingerprint density at radius 2 is 2.45 bits per heavy atom. The van der Waals surface area contributed by atoms with Crippen molar-refractivity contribution in [2.24, 2.45) is 0 Å². The number of carbonyl (C=O) groups is 1. The van der Waals surface area contributed by atoms with E-state index in [1.165, 1.54) is 0 Å². The average Bonchev–Trinajstić information content (AvgIpc) is 2.88. The van der Waals surface area contributed by atoms with Crippen molar-refractivity contribution in [3.63, 3.8) is 0 Å². The average molecular weight is 298 g/mol. The first kappa shape index (κ1) is 15.4. The van der Waals surface area contributed by atoms with Crippen molar-refractivity contribution in [2.45, 2.75) is 32.8 Å². The van der Waals surface area contributed by atoms with Crippen LogP contribution in [0.4, 0.5) is 0 Å². The number of nitrogens with zero attached hydrogens (tertiary/aromatic N) is 2. The maximum atomic E-state index is 11.4. The number of carbonyl (C=O) groups excluding carboxylic acids is 1. The molecule has 1 aliphatic heterocycles. The third kappa shape index (κ3) is 4.26. The molecular weight excluding hydrogens is 276 g/mol. The van der Waals surface area contributed by atoms with Crippen molar-refractivity contribution in [3.8, 4) is 0 Å². The van der Waals surface area contributed by atoms with Gasteiger partial charge in [-0.1, -0.05) is 6.92 Å². The number of morpholine rings is 1. The molecule has 1 saturated heterocycles. The monoisotopic (exact) mass is 298 g/mol. The van der Waals surface area contributed by atoms with Gasteiger partial charge in [-0.2, -0.15) is 0 Å².